The van der Waals surface area contributed by atoms with E-state index >= 15 is 0 Å². The minimum absolute atomic E-state index is 0.235. The molecule has 1 N–H and O–H groups in total. The number of carbonyl (C=O) groups is 1. The van der Waals surface area contributed by atoms with Crippen molar-refractivity contribution in [2.75, 3.05) is 32.8 Å². The van der Waals surface area contributed by atoms with E-state index in [1.165, 1.54) is 37.9 Å². The molecule has 0 unspecified atom stereocenters. The molecule has 1 saturated heterocycles. The number of ether oxygens (including phenoxy) is 1. The number of nitrogens with one attached hydrogen (secondary N) is 1. The van der Waals surface area contributed by atoms with Crippen LogP contribution in [0.2, 0.25) is 0 Å². The van der Waals surface area contributed by atoms with E-state index in [9.17, 15) is 4.79 Å². The van der Waals surface area contributed by atoms with Crippen molar-refractivity contribution in [2.24, 2.45) is 0 Å². The third-order valence-electron chi connectivity index (χ3n) is 4.17. The Hall–Kier alpha value is -1.39. The van der Waals surface area contributed by atoms with Crippen LogP contribution in [0.15, 0.2) is 24.3 Å². The maximum atomic E-state index is 10.8. The molecule has 1 aliphatic heterocycles. The third-order valence-corrected chi connectivity index (χ3v) is 4.17. The maximum Gasteiger partial charge on any atom is 0.131 e. The van der Waals surface area contributed by atoms with Crippen LogP contribution < -0.4 is 10.1 Å². The zero-order valence-electron chi connectivity index (χ0n) is 14.4. The van der Waals surface area contributed by atoms with Crippen molar-refractivity contribution in [1.29, 1.82) is 0 Å². The Morgan fingerprint density at radius 2 is 2.04 bits per heavy atom. The molecule has 0 aliphatic carbocycles. The van der Waals surface area contributed by atoms with Crippen LogP contribution in [-0.4, -0.2) is 43.5 Å². The molecule has 1 aromatic rings. The molecule has 1 heterocycles. The normalized spacial score (nSPS) is 15.5. The smallest absolute Gasteiger partial charge is 0.131 e. The molecule has 0 bridgehead atoms. The molecule has 1 aliphatic rings. The van der Waals surface area contributed by atoms with Gasteiger partial charge in [0.15, 0.2) is 0 Å². The first-order valence-corrected chi connectivity index (χ1v) is 8.88. The molecule has 2 rings (SSSR count). The van der Waals surface area contributed by atoms with Gasteiger partial charge in [0.2, 0.25) is 0 Å². The van der Waals surface area contributed by atoms with Crippen molar-refractivity contribution < 1.29 is 9.53 Å². The molecule has 0 amide bonds. The number of Topliss-reactive ketones (excluding diaryl/α,β-unsaturated/α-hetero) is 1. The summed E-state index contributed by atoms with van der Waals surface area (Å²) >= 11 is 0. The molecule has 0 aromatic heterocycles. The van der Waals surface area contributed by atoms with Gasteiger partial charge in [-0.15, -0.1) is 0 Å². The SMILES string of the molecule is CC(=O)CCNCCCOc1cccc(CN2CCCCC2)c1. The number of rotatable bonds is 10. The molecule has 128 valence electrons. The highest BCUT2D eigenvalue weighted by molar-refractivity contribution is 5.75. The van der Waals surface area contributed by atoms with E-state index in [0.29, 0.717) is 13.0 Å². The first-order chi connectivity index (χ1) is 11.2. The van der Waals surface area contributed by atoms with E-state index in [4.69, 9.17) is 4.74 Å². The van der Waals surface area contributed by atoms with Crippen molar-refractivity contribution in [3.05, 3.63) is 29.8 Å². The summed E-state index contributed by atoms with van der Waals surface area (Å²) in [6, 6.07) is 8.46. The Balaban J connectivity index is 1.63. The lowest BCUT2D eigenvalue weighted by Gasteiger charge is -2.26. The molecule has 0 spiro atoms. The summed E-state index contributed by atoms with van der Waals surface area (Å²) in [7, 11) is 0. The van der Waals surface area contributed by atoms with Gasteiger partial charge in [0, 0.05) is 19.5 Å². The van der Waals surface area contributed by atoms with E-state index in [2.05, 4.69) is 28.4 Å². The monoisotopic (exact) mass is 318 g/mol. The van der Waals surface area contributed by atoms with E-state index in [-0.39, 0.29) is 5.78 Å². The van der Waals surface area contributed by atoms with Gasteiger partial charge in [-0.3, -0.25) is 9.69 Å². The lowest BCUT2D eigenvalue weighted by Crippen LogP contribution is -2.29. The Morgan fingerprint density at radius 3 is 2.83 bits per heavy atom. The number of carbonyl (C=O) groups excluding carboxylic acids is 1. The fraction of sp³-hybridized carbons (Fsp3) is 0.632. The molecule has 1 aromatic carbocycles. The first-order valence-electron chi connectivity index (χ1n) is 8.88. The number of hydrogen-bond acceptors (Lipinski definition) is 4. The molecule has 0 atom stereocenters. The quantitative estimate of drug-likeness (QED) is 0.673. The number of hydrogen-bond donors (Lipinski definition) is 1. The first kappa shape index (κ1) is 18.0. The van der Waals surface area contributed by atoms with E-state index < -0.39 is 0 Å². The molecular formula is C19H30N2O2. The number of likely N-dealkylation sites (tertiary alicyclic amines) is 1. The van der Waals surface area contributed by atoms with Crippen LogP contribution in [0.3, 0.4) is 0 Å². The zero-order chi connectivity index (χ0) is 16.3. The minimum Gasteiger partial charge on any atom is -0.494 e. The standard InChI is InChI=1S/C19H30N2O2/c1-17(22)9-11-20-10-6-14-23-19-8-5-7-18(15-19)16-21-12-3-2-4-13-21/h5,7-8,15,20H,2-4,6,9-14,16H2,1H3. The second-order valence-electron chi connectivity index (χ2n) is 6.39. The van der Waals surface area contributed by atoms with Crippen molar-refractivity contribution in [3.8, 4) is 5.75 Å². The van der Waals surface area contributed by atoms with E-state index in [1.54, 1.807) is 6.92 Å². The highest BCUT2D eigenvalue weighted by atomic mass is 16.5. The van der Waals surface area contributed by atoms with Crippen molar-refractivity contribution in [1.82, 2.24) is 10.2 Å². The number of nitrogens with zero attached hydrogens (tertiary/aromatic N) is 1. The molecular weight excluding hydrogens is 288 g/mol. The van der Waals surface area contributed by atoms with Crippen LogP contribution in [-0.2, 0) is 11.3 Å². The highest BCUT2D eigenvalue weighted by Gasteiger charge is 2.10. The van der Waals surface area contributed by atoms with Gasteiger partial charge in [0.05, 0.1) is 6.61 Å². The number of benzene rings is 1. The third kappa shape index (κ3) is 7.62. The van der Waals surface area contributed by atoms with Gasteiger partial charge in [-0.2, -0.15) is 0 Å². The summed E-state index contributed by atoms with van der Waals surface area (Å²) in [5.41, 5.74) is 1.34. The Bertz CT molecular complexity index is 470. The maximum absolute atomic E-state index is 10.8. The van der Waals surface area contributed by atoms with E-state index in [1.807, 2.05) is 6.07 Å². The van der Waals surface area contributed by atoms with Crippen LogP contribution in [0.25, 0.3) is 0 Å². The second kappa shape index (κ2) is 10.4. The van der Waals surface area contributed by atoms with Gasteiger partial charge >= 0.3 is 0 Å². The zero-order valence-corrected chi connectivity index (χ0v) is 14.4. The van der Waals surface area contributed by atoms with Gasteiger partial charge in [-0.05, 0) is 63.5 Å². The summed E-state index contributed by atoms with van der Waals surface area (Å²) in [6.07, 6.45) is 5.59. The van der Waals surface area contributed by atoms with Crippen LogP contribution in [0.5, 0.6) is 5.75 Å². The van der Waals surface area contributed by atoms with Gasteiger partial charge in [-0.25, -0.2) is 0 Å². The predicted molar refractivity (Wildman–Crippen MR) is 93.8 cm³/mol. The van der Waals surface area contributed by atoms with Crippen LogP contribution in [0.1, 0.15) is 44.6 Å². The van der Waals surface area contributed by atoms with E-state index in [0.717, 1.165) is 31.8 Å². The molecule has 0 radical (unpaired) electrons. The fourth-order valence-electron chi connectivity index (χ4n) is 2.89. The van der Waals surface area contributed by atoms with Crippen molar-refractivity contribution >= 4 is 5.78 Å². The number of ketones is 1. The summed E-state index contributed by atoms with van der Waals surface area (Å²) < 4.78 is 5.84. The fourth-order valence-corrected chi connectivity index (χ4v) is 2.89. The molecule has 1 fully saturated rings. The van der Waals surface area contributed by atoms with Gasteiger partial charge < -0.3 is 10.1 Å². The lowest BCUT2D eigenvalue weighted by molar-refractivity contribution is -0.116. The summed E-state index contributed by atoms with van der Waals surface area (Å²) in [5, 5.41) is 3.26. The Morgan fingerprint density at radius 1 is 1.22 bits per heavy atom. The molecule has 23 heavy (non-hydrogen) atoms. The van der Waals surface area contributed by atoms with Gasteiger partial charge in [0.1, 0.15) is 11.5 Å². The van der Waals surface area contributed by atoms with Crippen molar-refractivity contribution in [2.45, 2.75) is 45.6 Å². The largest absolute Gasteiger partial charge is 0.494 e. The summed E-state index contributed by atoms with van der Waals surface area (Å²) in [5.74, 6) is 1.20. The lowest BCUT2D eigenvalue weighted by atomic mass is 10.1. The van der Waals surface area contributed by atoms with Gasteiger partial charge in [-0.1, -0.05) is 18.6 Å². The van der Waals surface area contributed by atoms with Crippen LogP contribution >= 0.6 is 0 Å². The average molecular weight is 318 g/mol. The summed E-state index contributed by atoms with van der Waals surface area (Å²) in [4.78, 5) is 13.4. The predicted octanol–water partition coefficient (Wildman–Crippen LogP) is 3.01. The number of piperidine rings is 1. The van der Waals surface area contributed by atoms with Gasteiger partial charge in [0.25, 0.3) is 0 Å². The molecule has 0 saturated carbocycles. The van der Waals surface area contributed by atoms with Crippen LogP contribution in [0, 0.1) is 0 Å². The Labute approximate surface area is 140 Å². The molecule has 4 nitrogen and oxygen atoms in total. The molecule has 4 heteroatoms. The summed E-state index contributed by atoms with van der Waals surface area (Å²) in [6.45, 7) is 7.46. The van der Waals surface area contributed by atoms with Crippen LogP contribution in [0.4, 0.5) is 0 Å². The second-order valence-corrected chi connectivity index (χ2v) is 6.39. The average Bonchev–Trinajstić information content (AvgIpc) is 2.55. The highest BCUT2D eigenvalue weighted by Crippen LogP contribution is 2.17. The van der Waals surface area contributed by atoms with Crippen molar-refractivity contribution in [3.63, 3.8) is 0 Å². The topological polar surface area (TPSA) is 41.6 Å². The minimum atomic E-state index is 0.235. The Kier molecular flexibility index (Phi) is 8.12.